The molecule has 2 aliphatic rings. The molecule has 0 aliphatic heterocycles. The van der Waals surface area contributed by atoms with Crippen molar-refractivity contribution in [3.05, 3.63) is 128 Å². The van der Waals surface area contributed by atoms with E-state index in [1.54, 1.807) is 36.4 Å². The number of hydrogen-bond acceptors (Lipinski definition) is 6. The third-order valence-electron chi connectivity index (χ3n) is 8.37. The molecule has 0 spiro atoms. The summed E-state index contributed by atoms with van der Waals surface area (Å²) in [4.78, 5) is 0. The van der Waals surface area contributed by atoms with E-state index in [0.29, 0.717) is 44.5 Å². The first-order chi connectivity index (χ1) is 23.8. The molecule has 50 heavy (non-hydrogen) atoms. The molecular formula is C38H12F6N6. The Bertz CT molecular complexity index is 2370. The Morgan fingerprint density at radius 3 is 1.04 bits per heavy atom. The summed E-state index contributed by atoms with van der Waals surface area (Å²) in [7, 11) is 0. The fourth-order valence-electron chi connectivity index (χ4n) is 6.28. The Hall–Kier alpha value is -7.38. The molecule has 0 saturated carbocycles. The van der Waals surface area contributed by atoms with Gasteiger partial charge in [0.15, 0.2) is 0 Å². The van der Waals surface area contributed by atoms with Crippen LogP contribution in [0.3, 0.4) is 0 Å². The van der Waals surface area contributed by atoms with E-state index in [4.69, 9.17) is 0 Å². The third-order valence-corrected chi connectivity index (χ3v) is 8.37. The molecule has 12 heteroatoms. The highest BCUT2D eigenvalue weighted by molar-refractivity contribution is 6.38. The molecule has 6 nitrogen and oxygen atoms in total. The summed E-state index contributed by atoms with van der Waals surface area (Å²) in [5.41, 5.74) is -0.635. The van der Waals surface area contributed by atoms with E-state index in [1.807, 2.05) is 24.3 Å². The van der Waals surface area contributed by atoms with E-state index in [9.17, 15) is 57.9 Å². The van der Waals surface area contributed by atoms with Gasteiger partial charge < -0.3 is 0 Å². The van der Waals surface area contributed by atoms with E-state index >= 15 is 0 Å². The van der Waals surface area contributed by atoms with Crippen molar-refractivity contribution in [2.24, 2.45) is 0 Å². The zero-order chi connectivity index (χ0) is 36.1. The molecule has 0 radical (unpaired) electrons. The van der Waals surface area contributed by atoms with E-state index < -0.39 is 34.6 Å². The van der Waals surface area contributed by atoms with Crippen LogP contribution in [-0.2, 0) is 12.4 Å². The molecule has 0 N–H and O–H groups in total. The molecule has 236 valence electrons. The predicted molar refractivity (Wildman–Crippen MR) is 166 cm³/mol. The Morgan fingerprint density at radius 2 is 0.740 bits per heavy atom. The lowest BCUT2D eigenvalue weighted by Gasteiger charge is -2.16. The maximum Gasteiger partial charge on any atom is 0.417 e. The van der Waals surface area contributed by atoms with Crippen LogP contribution >= 0.6 is 0 Å². The average Bonchev–Trinajstić information content (AvgIpc) is 3.60. The number of nitriles is 6. The van der Waals surface area contributed by atoms with E-state index in [2.05, 4.69) is 0 Å². The molecule has 0 heterocycles. The monoisotopic (exact) mass is 666 g/mol. The molecule has 0 aromatic heterocycles. The summed E-state index contributed by atoms with van der Waals surface area (Å²) in [5, 5.41) is 58.9. The molecule has 0 saturated heterocycles. The van der Waals surface area contributed by atoms with Crippen molar-refractivity contribution in [1.29, 1.82) is 31.6 Å². The van der Waals surface area contributed by atoms with Gasteiger partial charge in [0, 0.05) is 22.3 Å². The highest BCUT2D eigenvalue weighted by atomic mass is 19.4. The smallest absolute Gasteiger partial charge is 0.192 e. The van der Waals surface area contributed by atoms with Gasteiger partial charge in [-0.15, -0.1) is 0 Å². The molecule has 4 aromatic carbocycles. The summed E-state index contributed by atoms with van der Waals surface area (Å²) in [6.07, 6.45) is -9.53. The lowest BCUT2D eigenvalue weighted by atomic mass is 9.86. The molecule has 2 aliphatic carbocycles. The van der Waals surface area contributed by atoms with Crippen LogP contribution in [0, 0.1) is 68.0 Å². The van der Waals surface area contributed by atoms with Crippen LogP contribution < -0.4 is 0 Å². The minimum absolute atomic E-state index is 0.134. The van der Waals surface area contributed by atoms with E-state index in [0.717, 1.165) is 24.3 Å². The number of halogens is 6. The van der Waals surface area contributed by atoms with Crippen LogP contribution in [0.1, 0.15) is 44.5 Å². The van der Waals surface area contributed by atoms with Crippen LogP contribution in [0.5, 0.6) is 0 Å². The molecule has 0 unspecified atom stereocenters. The first kappa shape index (κ1) is 32.6. The summed E-state index contributed by atoms with van der Waals surface area (Å²) in [6, 6.07) is 26.0. The van der Waals surface area contributed by atoms with Gasteiger partial charge >= 0.3 is 12.4 Å². The summed E-state index contributed by atoms with van der Waals surface area (Å²) in [6.45, 7) is 0. The van der Waals surface area contributed by atoms with Gasteiger partial charge in [0.05, 0.1) is 34.4 Å². The summed E-state index contributed by atoms with van der Waals surface area (Å²) in [5.74, 6) is 0. The molecular weight excluding hydrogens is 654 g/mol. The first-order valence-corrected chi connectivity index (χ1v) is 14.2. The van der Waals surface area contributed by atoms with Gasteiger partial charge in [0.1, 0.15) is 35.4 Å². The van der Waals surface area contributed by atoms with Crippen molar-refractivity contribution in [2.75, 3.05) is 0 Å². The van der Waals surface area contributed by atoms with Crippen molar-refractivity contribution in [3.63, 3.8) is 0 Å². The second-order valence-corrected chi connectivity index (χ2v) is 11.0. The molecule has 6 rings (SSSR count). The Balaban J connectivity index is 1.58. The SMILES string of the molecule is N#CC(C#N)=C1C2=C(C(=C(C#N)C#N)c3cc(-c4ccc(C(F)(F)F)c(C#N)c4)ccc32)c2ccc(-c3ccc(C(F)(F)F)c(C#N)c3)cc21. The molecule has 0 amide bonds. The molecule has 4 aromatic rings. The van der Waals surface area contributed by atoms with Crippen molar-refractivity contribution < 1.29 is 26.3 Å². The Kier molecular flexibility index (Phi) is 7.62. The maximum absolute atomic E-state index is 13.5. The topological polar surface area (TPSA) is 143 Å². The molecule has 0 atom stereocenters. The minimum atomic E-state index is -4.77. The minimum Gasteiger partial charge on any atom is -0.192 e. The highest BCUT2D eigenvalue weighted by Crippen LogP contribution is 2.60. The zero-order valence-corrected chi connectivity index (χ0v) is 24.9. The Labute approximate surface area is 279 Å². The maximum atomic E-state index is 13.5. The molecule has 0 bridgehead atoms. The lowest BCUT2D eigenvalue weighted by Crippen LogP contribution is -2.07. The fraction of sp³-hybridized carbons (Fsp3) is 0.0526. The van der Waals surface area contributed by atoms with E-state index in [1.165, 1.54) is 24.3 Å². The van der Waals surface area contributed by atoms with Crippen LogP contribution in [0.2, 0.25) is 0 Å². The standard InChI is InChI=1S/C38H12F6N6/c39-37(40,41)31-7-3-19(9-23(31)13-45)21-1-5-27-29(11-21)33(25(15-47)16-48)36-28-6-2-22(12-30(28)34(35(27)36)26(17-49)18-50)20-4-8-32(38(42,43)44)24(10-20)14-46/h1-12H. The summed E-state index contributed by atoms with van der Waals surface area (Å²) < 4.78 is 80.8. The Morgan fingerprint density at radius 1 is 0.420 bits per heavy atom. The van der Waals surface area contributed by atoms with Crippen LogP contribution in [-0.4, -0.2) is 0 Å². The van der Waals surface area contributed by atoms with Gasteiger partial charge in [-0.1, -0.05) is 36.4 Å². The number of alkyl halides is 6. The van der Waals surface area contributed by atoms with Gasteiger partial charge in [-0.3, -0.25) is 0 Å². The van der Waals surface area contributed by atoms with Crippen molar-refractivity contribution in [1.82, 2.24) is 0 Å². The number of hydrogen-bond donors (Lipinski definition) is 0. The average molecular weight is 667 g/mol. The lowest BCUT2D eigenvalue weighted by molar-refractivity contribution is -0.138. The second-order valence-electron chi connectivity index (χ2n) is 11.0. The quantitative estimate of drug-likeness (QED) is 0.154. The van der Waals surface area contributed by atoms with Crippen molar-refractivity contribution >= 4 is 22.3 Å². The van der Waals surface area contributed by atoms with Gasteiger partial charge in [-0.25, -0.2) is 0 Å². The number of allylic oxidation sites excluding steroid dienone is 6. The van der Waals surface area contributed by atoms with E-state index in [-0.39, 0.29) is 33.4 Å². The van der Waals surface area contributed by atoms with Gasteiger partial charge in [0.2, 0.25) is 0 Å². The largest absolute Gasteiger partial charge is 0.417 e. The van der Waals surface area contributed by atoms with Crippen molar-refractivity contribution in [3.8, 4) is 58.7 Å². The summed E-state index contributed by atoms with van der Waals surface area (Å²) >= 11 is 0. The predicted octanol–water partition coefficient (Wildman–Crippen LogP) is 9.34. The third kappa shape index (κ3) is 5.03. The second kappa shape index (κ2) is 11.7. The van der Waals surface area contributed by atoms with Crippen LogP contribution in [0.15, 0.2) is 83.9 Å². The number of benzene rings is 4. The fourth-order valence-corrected chi connectivity index (χ4v) is 6.28. The van der Waals surface area contributed by atoms with Gasteiger partial charge in [0.25, 0.3) is 0 Å². The molecule has 0 fully saturated rings. The van der Waals surface area contributed by atoms with Crippen LogP contribution in [0.4, 0.5) is 26.3 Å². The van der Waals surface area contributed by atoms with Gasteiger partial charge in [-0.05, 0) is 80.9 Å². The number of fused-ring (bicyclic) bond motifs is 4. The normalized spacial score (nSPS) is 12.7. The van der Waals surface area contributed by atoms with Crippen molar-refractivity contribution in [2.45, 2.75) is 12.4 Å². The first-order valence-electron chi connectivity index (χ1n) is 14.2. The van der Waals surface area contributed by atoms with Crippen LogP contribution in [0.25, 0.3) is 44.5 Å². The zero-order valence-electron chi connectivity index (χ0n) is 24.9. The number of nitrogens with zero attached hydrogens (tertiary/aromatic N) is 6. The highest BCUT2D eigenvalue weighted by Gasteiger charge is 2.41. The van der Waals surface area contributed by atoms with Gasteiger partial charge in [-0.2, -0.15) is 57.9 Å². The number of rotatable bonds is 2.